The van der Waals surface area contributed by atoms with Gasteiger partial charge < -0.3 is 10.7 Å². The lowest BCUT2D eigenvalue weighted by Gasteiger charge is -2.03. The highest BCUT2D eigenvalue weighted by molar-refractivity contribution is 5.05. The molecule has 1 aromatic rings. The Kier molecular flexibility index (Phi) is 2.05. The van der Waals surface area contributed by atoms with E-state index in [0.29, 0.717) is 11.5 Å². The fourth-order valence-corrected chi connectivity index (χ4v) is 0.836. The van der Waals surface area contributed by atoms with Crippen molar-refractivity contribution in [3.8, 4) is 0 Å². The van der Waals surface area contributed by atoms with Crippen molar-refractivity contribution in [1.82, 2.24) is 9.97 Å². The van der Waals surface area contributed by atoms with Gasteiger partial charge >= 0.3 is 0 Å². The number of rotatable bonds is 1. The molecular weight excluding hydrogens is 142 g/mol. The molecule has 1 aromatic heterocycles. The Morgan fingerprint density at radius 2 is 2.36 bits per heavy atom. The number of nitrogens with two attached hydrogens (primary N) is 1. The van der Waals surface area contributed by atoms with Gasteiger partial charge in [-0.25, -0.2) is 4.98 Å². The number of hydrogen-bond donors (Lipinski definition) is 2. The summed E-state index contributed by atoms with van der Waals surface area (Å²) in [5, 5.41) is 0. The molecule has 0 aliphatic rings. The quantitative estimate of drug-likeness (QED) is 0.601. The maximum Gasteiger partial charge on any atom is 0.251 e. The lowest BCUT2D eigenvalue weighted by atomic mass is 10.2. The highest BCUT2D eigenvalue weighted by Gasteiger charge is 2.01. The highest BCUT2D eigenvalue weighted by atomic mass is 16.1. The number of nitrogens with one attached hydrogen (secondary N) is 1. The molecule has 1 atom stereocenters. The summed E-state index contributed by atoms with van der Waals surface area (Å²) in [4.78, 5) is 17.5. The zero-order chi connectivity index (χ0) is 8.43. The van der Waals surface area contributed by atoms with Crippen LogP contribution in [0.15, 0.2) is 10.9 Å². The number of aromatic nitrogens is 2. The molecule has 11 heavy (non-hydrogen) atoms. The van der Waals surface area contributed by atoms with Gasteiger partial charge in [0.25, 0.3) is 5.56 Å². The van der Waals surface area contributed by atoms with Crippen molar-refractivity contribution < 1.29 is 0 Å². The molecule has 0 saturated carbocycles. The largest absolute Gasteiger partial charge is 0.323 e. The molecule has 0 bridgehead atoms. The molecule has 0 fully saturated rings. The molecule has 0 amide bonds. The lowest BCUT2D eigenvalue weighted by Crippen LogP contribution is -2.15. The Morgan fingerprint density at radius 3 is 2.82 bits per heavy atom. The molecule has 0 aliphatic carbocycles. The van der Waals surface area contributed by atoms with Crippen LogP contribution in [0.5, 0.6) is 0 Å². The van der Waals surface area contributed by atoms with E-state index >= 15 is 0 Å². The third-order valence-electron chi connectivity index (χ3n) is 1.35. The van der Waals surface area contributed by atoms with Crippen LogP contribution >= 0.6 is 0 Å². The van der Waals surface area contributed by atoms with Crippen molar-refractivity contribution in [2.24, 2.45) is 5.73 Å². The molecule has 0 aromatic carbocycles. The van der Waals surface area contributed by atoms with Gasteiger partial charge in [-0.05, 0) is 13.8 Å². The van der Waals surface area contributed by atoms with Crippen molar-refractivity contribution in [1.29, 1.82) is 0 Å². The van der Waals surface area contributed by atoms with Crippen molar-refractivity contribution in [2.75, 3.05) is 0 Å². The molecule has 4 nitrogen and oxygen atoms in total. The Hall–Kier alpha value is -1.16. The number of aromatic amines is 1. The first-order chi connectivity index (χ1) is 5.09. The van der Waals surface area contributed by atoms with Crippen LogP contribution < -0.4 is 11.3 Å². The molecule has 0 spiro atoms. The topological polar surface area (TPSA) is 71.8 Å². The van der Waals surface area contributed by atoms with E-state index in [4.69, 9.17) is 5.73 Å². The van der Waals surface area contributed by atoms with Crippen LogP contribution in [0, 0.1) is 6.92 Å². The molecule has 0 radical (unpaired) electrons. The summed E-state index contributed by atoms with van der Waals surface area (Å²) in [5.41, 5.74) is 6.02. The Morgan fingerprint density at radius 1 is 1.73 bits per heavy atom. The monoisotopic (exact) mass is 153 g/mol. The van der Waals surface area contributed by atoms with Gasteiger partial charge in [0.1, 0.15) is 5.82 Å². The number of hydrogen-bond acceptors (Lipinski definition) is 3. The number of aryl methyl sites for hydroxylation is 1. The van der Waals surface area contributed by atoms with Gasteiger partial charge in [-0.1, -0.05) is 0 Å². The van der Waals surface area contributed by atoms with Crippen LogP contribution in [0.3, 0.4) is 0 Å². The van der Waals surface area contributed by atoms with Crippen molar-refractivity contribution in [3.63, 3.8) is 0 Å². The maximum absolute atomic E-state index is 10.9. The predicted octanol–water partition coefficient (Wildman–Crippen LogP) is 0.0980. The van der Waals surface area contributed by atoms with Crippen LogP contribution in [0.1, 0.15) is 24.5 Å². The summed E-state index contributed by atoms with van der Waals surface area (Å²) in [6, 6.07) is 1.23. The number of H-pyrrole nitrogens is 1. The minimum absolute atomic E-state index is 0.148. The second-order valence-corrected chi connectivity index (χ2v) is 2.54. The van der Waals surface area contributed by atoms with Gasteiger partial charge in [-0.2, -0.15) is 0 Å². The molecule has 0 aliphatic heterocycles. The zero-order valence-electron chi connectivity index (χ0n) is 6.59. The smallest absolute Gasteiger partial charge is 0.251 e. The van der Waals surface area contributed by atoms with E-state index in [0.717, 1.165) is 0 Å². The molecule has 0 saturated heterocycles. The molecule has 60 valence electrons. The Balaban J connectivity index is 3.19. The van der Waals surface area contributed by atoms with Crippen molar-refractivity contribution >= 4 is 0 Å². The van der Waals surface area contributed by atoms with Gasteiger partial charge in [0.2, 0.25) is 0 Å². The third-order valence-corrected chi connectivity index (χ3v) is 1.35. The number of nitrogens with zero attached hydrogens (tertiary/aromatic N) is 1. The maximum atomic E-state index is 10.9. The lowest BCUT2D eigenvalue weighted by molar-refractivity contribution is 0.760. The average molecular weight is 153 g/mol. The summed E-state index contributed by atoms with van der Waals surface area (Å²) in [5.74, 6) is 0.602. The fraction of sp³-hybridized carbons (Fsp3) is 0.429. The third kappa shape index (κ3) is 1.88. The summed E-state index contributed by atoms with van der Waals surface area (Å²) in [7, 11) is 0. The van der Waals surface area contributed by atoms with Crippen LogP contribution in [-0.4, -0.2) is 9.97 Å². The van der Waals surface area contributed by atoms with E-state index in [2.05, 4.69) is 9.97 Å². The van der Waals surface area contributed by atoms with Gasteiger partial charge in [-0.3, -0.25) is 4.79 Å². The summed E-state index contributed by atoms with van der Waals surface area (Å²) >= 11 is 0. The van der Waals surface area contributed by atoms with Gasteiger partial charge in [0, 0.05) is 12.1 Å². The second kappa shape index (κ2) is 2.84. The summed E-state index contributed by atoms with van der Waals surface area (Å²) in [6.07, 6.45) is 0. The van der Waals surface area contributed by atoms with E-state index in [1.807, 2.05) is 0 Å². The van der Waals surface area contributed by atoms with Crippen LogP contribution in [0.25, 0.3) is 0 Å². The standard InChI is InChI=1S/C7H11N3O/c1-4(8)6-3-7(11)10-5(2)9-6/h3-4H,8H2,1-2H3,(H,9,10,11). The van der Waals surface area contributed by atoms with Gasteiger partial charge in [0.05, 0.1) is 5.69 Å². The summed E-state index contributed by atoms with van der Waals surface area (Å²) in [6.45, 7) is 3.52. The van der Waals surface area contributed by atoms with E-state index in [1.54, 1.807) is 13.8 Å². The molecule has 3 N–H and O–H groups in total. The Labute approximate surface area is 64.5 Å². The first-order valence-corrected chi connectivity index (χ1v) is 3.43. The van der Waals surface area contributed by atoms with Crippen LogP contribution in [0.4, 0.5) is 0 Å². The van der Waals surface area contributed by atoms with E-state index in [9.17, 15) is 4.79 Å². The van der Waals surface area contributed by atoms with Crippen molar-refractivity contribution in [2.45, 2.75) is 19.9 Å². The fourth-order valence-electron chi connectivity index (χ4n) is 0.836. The predicted molar refractivity (Wildman–Crippen MR) is 42.2 cm³/mol. The van der Waals surface area contributed by atoms with E-state index < -0.39 is 0 Å². The zero-order valence-corrected chi connectivity index (χ0v) is 6.59. The highest BCUT2D eigenvalue weighted by Crippen LogP contribution is 2.01. The normalized spacial score (nSPS) is 13.0. The van der Waals surface area contributed by atoms with E-state index in [-0.39, 0.29) is 11.6 Å². The minimum Gasteiger partial charge on any atom is -0.323 e. The average Bonchev–Trinajstić information content (AvgIpc) is 1.85. The molecular formula is C7H11N3O. The van der Waals surface area contributed by atoms with Crippen LogP contribution in [0.2, 0.25) is 0 Å². The molecule has 1 rings (SSSR count). The van der Waals surface area contributed by atoms with E-state index in [1.165, 1.54) is 6.07 Å². The second-order valence-electron chi connectivity index (χ2n) is 2.54. The first-order valence-electron chi connectivity index (χ1n) is 3.43. The molecule has 1 unspecified atom stereocenters. The van der Waals surface area contributed by atoms with Gasteiger partial charge in [-0.15, -0.1) is 0 Å². The minimum atomic E-state index is -0.184. The van der Waals surface area contributed by atoms with Crippen molar-refractivity contribution in [3.05, 3.63) is 27.9 Å². The van der Waals surface area contributed by atoms with Crippen LogP contribution in [-0.2, 0) is 0 Å². The van der Waals surface area contributed by atoms with Gasteiger partial charge in [0.15, 0.2) is 0 Å². The summed E-state index contributed by atoms with van der Waals surface area (Å²) < 4.78 is 0. The SMILES string of the molecule is Cc1nc(C(C)N)cc(=O)[nH]1. The molecule has 1 heterocycles. The Bertz CT molecular complexity index is 303. The first kappa shape index (κ1) is 7.94. The molecule has 4 heteroatoms.